The maximum Gasteiger partial charge on any atom is 0.416 e. The van der Waals surface area contributed by atoms with Crippen LogP contribution in [0.5, 0.6) is 0 Å². The summed E-state index contributed by atoms with van der Waals surface area (Å²) < 4.78 is 39.8. The number of alkyl halides is 3. The van der Waals surface area contributed by atoms with Gasteiger partial charge in [-0.2, -0.15) is 17.9 Å². The Morgan fingerprint density at radius 2 is 1.81 bits per heavy atom. The number of para-hydroxylation sites is 1. The van der Waals surface area contributed by atoms with Crippen LogP contribution in [-0.2, 0) is 19.3 Å². The van der Waals surface area contributed by atoms with Crippen molar-refractivity contribution in [1.82, 2.24) is 35.1 Å². The van der Waals surface area contributed by atoms with Gasteiger partial charge in [0, 0.05) is 0 Å². The minimum Gasteiger partial charge on any atom is -0.309 e. The Kier molecular flexibility index (Phi) is 5.51. The molecule has 0 spiro atoms. The van der Waals surface area contributed by atoms with E-state index in [0.717, 1.165) is 12.1 Å². The SMILES string of the molecule is CCN(Cc1nc2ccccc2c(=O)[nH]1)Cc1nnnn1-c1ccc(C(F)(F)F)cc1. The van der Waals surface area contributed by atoms with Crippen LogP contribution < -0.4 is 5.56 Å². The van der Waals surface area contributed by atoms with Crippen LogP contribution in [0, 0.1) is 0 Å². The first-order chi connectivity index (χ1) is 14.8. The normalized spacial score (nSPS) is 12.0. The second-order valence-electron chi connectivity index (χ2n) is 6.88. The maximum absolute atomic E-state index is 12.8. The molecule has 0 fully saturated rings. The third kappa shape index (κ3) is 4.45. The van der Waals surface area contributed by atoms with Gasteiger partial charge in [0.15, 0.2) is 5.82 Å². The molecule has 1 N–H and O–H groups in total. The molecular formula is C20H18F3N7O. The Balaban J connectivity index is 1.55. The minimum atomic E-state index is -4.41. The third-order valence-electron chi connectivity index (χ3n) is 4.82. The number of aromatic nitrogens is 6. The summed E-state index contributed by atoms with van der Waals surface area (Å²) in [5.41, 5.74) is 0.0619. The summed E-state index contributed by atoms with van der Waals surface area (Å²) in [6, 6.07) is 11.7. The van der Waals surface area contributed by atoms with Gasteiger partial charge < -0.3 is 4.98 Å². The molecule has 2 aromatic carbocycles. The molecule has 0 aliphatic carbocycles. The van der Waals surface area contributed by atoms with E-state index in [0.29, 0.717) is 47.9 Å². The van der Waals surface area contributed by atoms with E-state index in [9.17, 15) is 18.0 Å². The Morgan fingerprint density at radius 3 is 2.52 bits per heavy atom. The van der Waals surface area contributed by atoms with Gasteiger partial charge in [-0.25, -0.2) is 4.98 Å². The van der Waals surface area contributed by atoms with Crippen molar-refractivity contribution in [3.63, 3.8) is 0 Å². The Morgan fingerprint density at radius 1 is 1.06 bits per heavy atom. The van der Waals surface area contributed by atoms with Crippen LogP contribution in [-0.4, -0.2) is 41.6 Å². The molecule has 0 radical (unpaired) electrons. The summed E-state index contributed by atoms with van der Waals surface area (Å²) in [7, 11) is 0. The van der Waals surface area contributed by atoms with E-state index in [1.807, 2.05) is 17.9 Å². The summed E-state index contributed by atoms with van der Waals surface area (Å²) in [6.07, 6.45) is -4.41. The van der Waals surface area contributed by atoms with Crippen molar-refractivity contribution in [3.05, 3.63) is 76.1 Å². The lowest BCUT2D eigenvalue weighted by Gasteiger charge is -2.19. The van der Waals surface area contributed by atoms with Gasteiger partial charge in [-0.3, -0.25) is 9.69 Å². The van der Waals surface area contributed by atoms with Gasteiger partial charge in [0.05, 0.1) is 35.2 Å². The molecule has 0 aliphatic rings. The monoisotopic (exact) mass is 429 g/mol. The van der Waals surface area contributed by atoms with E-state index in [-0.39, 0.29) is 5.56 Å². The van der Waals surface area contributed by atoms with E-state index in [2.05, 4.69) is 25.5 Å². The van der Waals surface area contributed by atoms with Crippen molar-refractivity contribution in [2.24, 2.45) is 0 Å². The van der Waals surface area contributed by atoms with Crippen LogP contribution in [0.3, 0.4) is 0 Å². The number of aromatic amines is 1. The van der Waals surface area contributed by atoms with Crippen molar-refractivity contribution < 1.29 is 13.2 Å². The molecule has 2 heterocycles. The van der Waals surface area contributed by atoms with Crippen molar-refractivity contribution in [1.29, 1.82) is 0 Å². The fourth-order valence-corrected chi connectivity index (χ4v) is 3.20. The zero-order valence-electron chi connectivity index (χ0n) is 16.5. The van der Waals surface area contributed by atoms with E-state index in [1.165, 1.54) is 16.8 Å². The highest BCUT2D eigenvalue weighted by atomic mass is 19.4. The van der Waals surface area contributed by atoms with E-state index < -0.39 is 11.7 Å². The van der Waals surface area contributed by atoms with Crippen LogP contribution in [0.1, 0.15) is 24.1 Å². The molecule has 2 aromatic heterocycles. The molecule has 4 aromatic rings. The predicted molar refractivity (Wildman–Crippen MR) is 106 cm³/mol. The standard InChI is InChI=1S/C20H18F3N7O/c1-2-29(11-17-24-16-6-4-3-5-15(16)19(31)25-17)12-18-26-27-28-30(18)14-9-7-13(8-10-14)20(21,22)23/h3-10H,2,11-12H2,1H3,(H,24,25,31). The Bertz CT molecular complexity index is 1250. The number of fused-ring (bicyclic) bond motifs is 1. The number of rotatable bonds is 6. The largest absolute Gasteiger partial charge is 0.416 e. The molecule has 11 heteroatoms. The van der Waals surface area contributed by atoms with Gasteiger partial charge in [0.1, 0.15) is 5.82 Å². The Labute approximate surface area is 174 Å². The topological polar surface area (TPSA) is 92.6 Å². The molecule has 31 heavy (non-hydrogen) atoms. The molecular weight excluding hydrogens is 411 g/mol. The number of H-pyrrole nitrogens is 1. The zero-order chi connectivity index (χ0) is 22.0. The van der Waals surface area contributed by atoms with E-state index >= 15 is 0 Å². The molecule has 4 rings (SSSR count). The lowest BCUT2D eigenvalue weighted by molar-refractivity contribution is -0.137. The maximum atomic E-state index is 12.8. The quantitative estimate of drug-likeness (QED) is 0.507. The summed E-state index contributed by atoms with van der Waals surface area (Å²) in [6.45, 7) is 3.19. The fourth-order valence-electron chi connectivity index (χ4n) is 3.20. The molecule has 8 nitrogen and oxygen atoms in total. The second kappa shape index (κ2) is 8.26. The van der Waals surface area contributed by atoms with Gasteiger partial charge in [-0.1, -0.05) is 19.1 Å². The molecule has 0 unspecified atom stereocenters. The lowest BCUT2D eigenvalue weighted by Crippen LogP contribution is -2.27. The second-order valence-corrected chi connectivity index (χ2v) is 6.88. The Hall–Kier alpha value is -3.60. The highest BCUT2D eigenvalue weighted by Gasteiger charge is 2.30. The van der Waals surface area contributed by atoms with Crippen LogP contribution in [0.4, 0.5) is 13.2 Å². The number of hydrogen-bond donors (Lipinski definition) is 1. The third-order valence-corrected chi connectivity index (χ3v) is 4.82. The zero-order valence-corrected chi connectivity index (χ0v) is 16.5. The van der Waals surface area contributed by atoms with Crippen molar-refractivity contribution >= 4 is 10.9 Å². The number of tetrazole rings is 1. The molecule has 0 saturated carbocycles. The summed E-state index contributed by atoms with van der Waals surface area (Å²) in [4.78, 5) is 21.5. The number of halogens is 3. The number of nitrogens with zero attached hydrogens (tertiary/aromatic N) is 6. The first-order valence-corrected chi connectivity index (χ1v) is 9.50. The van der Waals surface area contributed by atoms with Gasteiger partial charge in [0.2, 0.25) is 0 Å². The van der Waals surface area contributed by atoms with Gasteiger partial charge in [-0.05, 0) is 53.4 Å². The van der Waals surface area contributed by atoms with Crippen LogP contribution in [0.25, 0.3) is 16.6 Å². The van der Waals surface area contributed by atoms with Crippen molar-refractivity contribution in [2.45, 2.75) is 26.2 Å². The lowest BCUT2D eigenvalue weighted by atomic mass is 10.2. The number of hydrogen-bond acceptors (Lipinski definition) is 6. The van der Waals surface area contributed by atoms with Crippen molar-refractivity contribution in [3.8, 4) is 5.69 Å². The highest BCUT2D eigenvalue weighted by molar-refractivity contribution is 5.77. The summed E-state index contributed by atoms with van der Waals surface area (Å²) >= 11 is 0. The molecule has 0 amide bonds. The van der Waals surface area contributed by atoms with Crippen LogP contribution >= 0.6 is 0 Å². The molecule has 160 valence electrons. The smallest absolute Gasteiger partial charge is 0.309 e. The van der Waals surface area contributed by atoms with E-state index in [1.54, 1.807) is 18.2 Å². The van der Waals surface area contributed by atoms with Gasteiger partial charge in [-0.15, -0.1) is 5.10 Å². The minimum absolute atomic E-state index is 0.216. The first-order valence-electron chi connectivity index (χ1n) is 9.50. The first kappa shape index (κ1) is 20.7. The molecule has 0 bridgehead atoms. The molecule has 0 aliphatic heterocycles. The molecule has 0 atom stereocenters. The highest BCUT2D eigenvalue weighted by Crippen LogP contribution is 2.29. The van der Waals surface area contributed by atoms with E-state index in [4.69, 9.17) is 0 Å². The summed E-state index contributed by atoms with van der Waals surface area (Å²) in [5, 5.41) is 12.1. The van der Waals surface area contributed by atoms with Crippen molar-refractivity contribution in [2.75, 3.05) is 6.54 Å². The predicted octanol–water partition coefficient (Wildman–Crippen LogP) is 2.94. The fraction of sp³-hybridized carbons (Fsp3) is 0.250. The number of nitrogens with one attached hydrogen (secondary N) is 1. The average Bonchev–Trinajstić information content (AvgIpc) is 3.21. The summed E-state index contributed by atoms with van der Waals surface area (Å²) in [5.74, 6) is 0.948. The van der Waals surface area contributed by atoms with Gasteiger partial charge >= 0.3 is 6.18 Å². The molecule has 0 saturated heterocycles. The van der Waals surface area contributed by atoms with Crippen LogP contribution in [0.15, 0.2) is 53.3 Å². The van der Waals surface area contributed by atoms with Crippen LogP contribution in [0.2, 0.25) is 0 Å². The average molecular weight is 429 g/mol. The van der Waals surface area contributed by atoms with Gasteiger partial charge in [0.25, 0.3) is 5.56 Å². The number of benzene rings is 2.